The molecule has 108 valence electrons. The molecule has 0 atom stereocenters. The lowest BCUT2D eigenvalue weighted by Gasteiger charge is -2.06. The van der Waals surface area contributed by atoms with Crippen molar-refractivity contribution in [1.82, 2.24) is 20.2 Å². The molecule has 0 aliphatic heterocycles. The summed E-state index contributed by atoms with van der Waals surface area (Å²) in [5.74, 6) is 0.551. The summed E-state index contributed by atoms with van der Waals surface area (Å²) in [4.78, 5) is 11.7. The minimum Gasteiger partial charge on any atom is -0.423 e. The van der Waals surface area contributed by atoms with E-state index in [2.05, 4.69) is 15.5 Å². The van der Waals surface area contributed by atoms with Crippen LogP contribution in [-0.4, -0.2) is 20.2 Å². The average molecular weight is 323 g/mol. The molecule has 0 unspecified atom stereocenters. The van der Waals surface area contributed by atoms with Gasteiger partial charge in [0, 0.05) is 29.3 Å². The minimum atomic E-state index is -0.379. The van der Waals surface area contributed by atoms with Crippen molar-refractivity contribution in [3.8, 4) is 0 Å². The molecule has 2 aromatic heterocycles. The lowest BCUT2D eigenvalue weighted by molar-refractivity contribution is 0.559. The summed E-state index contributed by atoms with van der Waals surface area (Å²) in [5.41, 5.74) is 1.87. The van der Waals surface area contributed by atoms with Gasteiger partial charge >= 0.3 is 5.63 Å². The Kier molecular flexibility index (Phi) is 3.69. The number of nitrogens with zero attached hydrogens (tertiary/aromatic N) is 4. The summed E-state index contributed by atoms with van der Waals surface area (Å²) in [6.07, 6.45) is 0. The summed E-state index contributed by atoms with van der Waals surface area (Å²) in [6.45, 7) is 1.87. The molecule has 2 heterocycles. The third-order valence-corrected chi connectivity index (χ3v) is 4.51. The third kappa shape index (κ3) is 2.79. The lowest BCUT2D eigenvalue weighted by Crippen LogP contribution is -2.01. The zero-order chi connectivity index (χ0) is 15.0. The molecule has 6 nitrogen and oxygen atoms in total. The predicted molar refractivity (Wildman–Crippen MR) is 80.6 cm³/mol. The van der Waals surface area contributed by atoms with Crippen LogP contribution in [-0.2, 0) is 12.8 Å². The molecule has 0 fully saturated rings. The quantitative estimate of drug-likeness (QED) is 0.545. The normalized spacial score (nSPS) is 11.2. The van der Waals surface area contributed by atoms with Gasteiger partial charge in [-0.2, -0.15) is 0 Å². The van der Waals surface area contributed by atoms with Crippen LogP contribution in [0.3, 0.4) is 0 Å². The number of tetrazole rings is 1. The first kappa shape index (κ1) is 14.1. The number of hydrogen-bond donors (Lipinski definition) is 0. The monoisotopic (exact) mass is 322 g/mol. The van der Waals surface area contributed by atoms with Crippen molar-refractivity contribution in [3.63, 3.8) is 0 Å². The topological polar surface area (TPSA) is 73.8 Å². The van der Waals surface area contributed by atoms with Gasteiger partial charge in [0.1, 0.15) is 5.58 Å². The molecular weight excluding hydrogens is 312 g/mol. The molecule has 0 saturated carbocycles. The van der Waals surface area contributed by atoms with E-state index >= 15 is 0 Å². The summed E-state index contributed by atoms with van der Waals surface area (Å²) < 4.78 is 6.81. The van der Waals surface area contributed by atoms with Crippen molar-refractivity contribution in [2.45, 2.75) is 17.8 Å². The van der Waals surface area contributed by atoms with Gasteiger partial charge in [0.25, 0.3) is 0 Å². The molecule has 0 saturated heterocycles. The van der Waals surface area contributed by atoms with Gasteiger partial charge in [0.2, 0.25) is 5.16 Å². The molecule has 1 aromatic carbocycles. The molecule has 8 heteroatoms. The fourth-order valence-corrected chi connectivity index (χ4v) is 2.96. The van der Waals surface area contributed by atoms with Gasteiger partial charge in [0.15, 0.2) is 0 Å². The number of thioether (sulfide) groups is 1. The number of aryl methyl sites for hydroxylation is 2. The molecular formula is C13H11ClN4O2S. The predicted octanol–water partition coefficient (Wildman–Crippen LogP) is 2.57. The van der Waals surface area contributed by atoms with Crippen LogP contribution < -0.4 is 5.63 Å². The van der Waals surface area contributed by atoms with Gasteiger partial charge in [-0.15, -0.1) is 5.10 Å². The number of fused-ring (bicyclic) bond motifs is 1. The molecule has 0 aliphatic carbocycles. The molecule has 21 heavy (non-hydrogen) atoms. The zero-order valence-electron chi connectivity index (χ0n) is 11.3. The van der Waals surface area contributed by atoms with Gasteiger partial charge in [-0.3, -0.25) is 0 Å². The molecule has 3 rings (SSSR count). The van der Waals surface area contributed by atoms with E-state index in [0.717, 1.165) is 16.5 Å². The van der Waals surface area contributed by atoms with Crippen LogP contribution in [0.5, 0.6) is 0 Å². The fraction of sp³-hybridized carbons (Fsp3) is 0.231. The summed E-state index contributed by atoms with van der Waals surface area (Å²) >= 11 is 7.60. The van der Waals surface area contributed by atoms with Crippen LogP contribution >= 0.6 is 23.4 Å². The Morgan fingerprint density at radius 3 is 2.90 bits per heavy atom. The Morgan fingerprint density at radius 2 is 2.19 bits per heavy atom. The lowest BCUT2D eigenvalue weighted by atomic mass is 10.1. The van der Waals surface area contributed by atoms with Crippen molar-refractivity contribution in [2.75, 3.05) is 0 Å². The van der Waals surface area contributed by atoms with E-state index < -0.39 is 0 Å². The number of hydrogen-bond acceptors (Lipinski definition) is 6. The first-order valence-electron chi connectivity index (χ1n) is 6.12. The van der Waals surface area contributed by atoms with Crippen LogP contribution in [0.2, 0.25) is 5.02 Å². The Balaban J connectivity index is 2.03. The van der Waals surface area contributed by atoms with Gasteiger partial charge < -0.3 is 4.42 Å². The second kappa shape index (κ2) is 5.50. The Labute approximate surface area is 129 Å². The second-order valence-electron chi connectivity index (χ2n) is 4.56. The SMILES string of the molecule is Cc1cc2oc(=O)cc(CSc3nnnn3C)c2cc1Cl. The van der Waals surface area contributed by atoms with Gasteiger partial charge in [0.05, 0.1) is 0 Å². The van der Waals surface area contributed by atoms with E-state index in [9.17, 15) is 4.79 Å². The molecule has 0 amide bonds. The van der Waals surface area contributed by atoms with E-state index in [1.54, 1.807) is 17.8 Å². The maximum Gasteiger partial charge on any atom is 0.336 e. The van der Waals surface area contributed by atoms with Gasteiger partial charge in [-0.25, -0.2) is 9.48 Å². The molecule has 0 aliphatic rings. The highest BCUT2D eigenvalue weighted by Gasteiger charge is 2.10. The Hall–Kier alpha value is -1.86. The van der Waals surface area contributed by atoms with Crippen molar-refractivity contribution >= 4 is 34.3 Å². The first-order chi connectivity index (χ1) is 10.0. The van der Waals surface area contributed by atoms with Crippen LogP contribution in [0.4, 0.5) is 0 Å². The highest BCUT2D eigenvalue weighted by Crippen LogP contribution is 2.28. The standard InChI is InChI=1S/C13H11ClN4O2S/c1-7-3-11-9(5-10(7)14)8(4-12(19)20-11)6-21-13-15-16-17-18(13)2/h3-5H,6H2,1-2H3. The first-order valence-corrected chi connectivity index (χ1v) is 7.49. The van der Waals surface area contributed by atoms with E-state index in [4.69, 9.17) is 16.0 Å². The van der Waals surface area contributed by atoms with Crippen molar-refractivity contribution in [3.05, 3.63) is 44.8 Å². The summed E-state index contributed by atoms with van der Waals surface area (Å²) in [5, 5.41) is 13.4. The maximum absolute atomic E-state index is 11.7. The van der Waals surface area contributed by atoms with E-state index in [-0.39, 0.29) is 5.63 Å². The molecule has 0 N–H and O–H groups in total. The fourth-order valence-electron chi connectivity index (χ4n) is 1.95. The maximum atomic E-state index is 11.7. The highest BCUT2D eigenvalue weighted by atomic mass is 35.5. The van der Waals surface area contributed by atoms with Crippen molar-refractivity contribution in [1.29, 1.82) is 0 Å². The third-order valence-electron chi connectivity index (χ3n) is 3.05. The Morgan fingerprint density at radius 1 is 1.38 bits per heavy atom. The largest absolute Gasteiger partial charge is 0.423 e. The highest BCUT2D eigenvalue weighted by molar-refractivity contribution is 7.98. The van der Waals surface area contributed by atoms with E-state index in [1.807, 2.05) is 13.0 Å². The average Bonchev–Trinajstić information content (AvgIpc) is 2.83. The molecule has 0 spiro atoms. The minimum absolute atomic E-state index is 0.379. The molecule has 3 aromatic rings. The van der Waals surface area contributed by atoms with E-state index in [0.29, 0.717) is 21.5 Å². The van der Waals surface area contributed by atoms with Gasteiger partial charge in [-0.1, -0.05) is 23.4 Å². The van der Waals surface area contributed by atoms with Gasteiger partial charge in [-0.05, 0) is 40.6 Å². The summed E-state index contributed by atoms with van der Waals surface area (Å²) in [7, 11) is 1.76. The second-order valence-corrected chi connectivity index (χ2v) is 5.91. The Bertz CT molecular complexity index is 874. The number of halogens is 1. The van der Waals surface area contributed by atoms with Crippen LogP contribution in [0.1, 0.15) is 11.1 Å². The number of benzene rings is 1. The molecule has 0 bridgehead atoms. The summed E-state index contributed by atoms with van der Waals surface area (Å²) in [6, 6.07) is 5.07. The number of aromatic nitrogens is 4. The van der Waals surface area contributed by atoms with Crippen molar-refractivity contribution < 1.29 is 4.42 Å². The van der Waals surface area contributed by atoms with Crippen LogP contribution in [0.25, 0.3) is 11.0 Å². The molecule has 0 radical (unpaired) electrons. The number of rotatable bonds is 3. The van der Waals surface area contributed by atoms with Crippen LogP contribution in [0, 0.1) is 6.92 Å². The van der Waals surface area contributed by atoms with E-state index in [1.165, 1.54) is 17.8 Å². The van der Waals surface area contributed by atoms with Crippen LogP contribution in [0.15, 0.2) is 32.6 Å². The zero-order valence-corrected chi connectivity index (χ0v) is 12.9. The van der Waals surface area contributed by atoms with Crippen molar-refractivity contribution in [2.24, 2.45) is 7.05 Å². The smallest absolute Gasteiger partial charge is 0.336 e.